The van der Waals surface area contributed by atoms with Gasteiger partial charge in [-0.05, 0) is 6.92 Å². The van der Waals surface area contributed by atoms with E-state index in [2.05, 4.69) is 13.6 Å². The highest BCUT2D eigenvalue weighted by atomic mass is 31.0. The van der Waals surface area contributed by atoms with Crippen LogP contribution < -0.4 is 0 Å². The van der Waals surface area contributed by atoms with Gasteiger partial charge in [-0.1, -0.05) is 8.86 Å². The molecule has 9 heavy (non-hydrogen) atoms. The molecule has 0 aliphatic carbocycles. The molecule has 0 aromatic rings. The monoisotopic (exact) mass is 148 g/mol. The van der Waals surface area contributed by atoms with Crippen LogP contribution in [0.1, 0.15) is 6.92 Å². The van der Waals surface area contributed by atoms with E-state index in [1.807, 2.05) is 6.92 Å². The molecule has 0 saturated heterocycles. The van der Waals surface area contributed by atoms with E-state index in [9.17, 15) is 4.79 Å². The second-order valence-corrected chi connectivity index (χ2v) is 1.82. The van der Waals surface area contributed by atoms with Gasteiger partial charge in [0.05, 0.1) is 6.61 Å². The maximum Gasteiger partial charge on any atom is 0.293 e. The van der Waals surface area contributed by atoms with Gasteiger partial charge in [-0.25, -0.2) is 0 Å². The molecule has 0 fully saturated rings. The van der Waals surface area contributed by atoms with E-state index >= 15 is 0 Å². The van der Waals surface area contributed by atoms with Crippen LogP contribution in [0.4, 0.5) is 0 Å². The van der Waals surface area contributed by atoms with E-state index in [1.165, 1.54) is 0 Å². The molecule has 0 unspecified atom stereocenters. The molecule has 3 nitrogen and oxygen atoms in total. The molecule has 0 heterocycles. The molecule has 0 rings (SSSR count). The molecule has 4 heteroatoms. The summed E-state index contributed by atoms with van der Waals surface area (Å²) in [6, 6.07) is 0. The van der Waals surface area contributed by atoms with Crippen molar-refractivity contribution in [1.29, 1.82) is 0 Å². The first-order chi connectivity index (χ1) is 4.31. The Morgan fingerprint density at radius 2 is 2.44 bits per heavy atom. The van der Waals surface area contributed by atoms with Gasteiger partial charge in [-0.2, -0.15) is 0 Å². The molecular formula is C5H9O3P. The second kappa shape index (κ2) is 5.73. The minimum absolute atomic E-state index is 0.175. The molecule has 0 aromatic heterocycles. The van der Waals surface area contributed by atoms with Crippen molar-refractivity contribution in [2.45, 2.75) is 6.92 Å². The fraction of sp³-hybridized carbons (Fsp3) is 0.600. The molecule has 0 radical (unpaired) electrons. The Morgan fingerprint density at radius 3 is 2.89 bits per heavy atom. The molecular weight excluding hydrogens is 139 g/mol. The number of carbonyl (C=O) groups is 1. The Morgan fingerprint density at radius 1 is 1.78 bits per heavy atom. The lowest BCUT2D eigenvalue weighted by Crippen LogP contribution is -2.08. The van der Waals surface area contributed by atoms with Crippen LogP contribution in [0.5, 0.6) is 0 Å². The van der Waals surface area contributed by atoms with Gasteiger partial charge in [-0.3, -0.25) is 4.79 Å². The Hall–Kier alpha value is -0.400. The van der Waals surface area contributed by atoms with Crippen LogP contribution >= 0.6 is 8.86 Å². The fourth-order valence-electron chi connectivity index (χ4n) is 0.326. The maximum absolute atomic E-state index is 9.60. The van der Waals surface area contributed by atoms with Crippen LogP contribution in [0.25, 0.3) is 0 Å². The van der Waals surface area contributed by atoms with Gasteiger partial charge in [0.2, 0.25) is 0 Å². The van der Waals surface area contributed by atoms with E-state index in [0.29, 0.717) is 18.6 Å². The first kappa shape index (κ1) is 8.60. The van der Waals surface area contributed by atoms with Gasteiger partial charge >= 0.3 is 0 Å². The van der Waals surface area contributed by atoms with E-state index in [-0.39, 0.29) is 6.61 Å². The average Bonchev–Trinajstić information content (AvgIpc) is 1.85. The summed E-state index contributed by atoms with van der Waals surface area (Å²) in [5, 5.41) is 0. The largest absolute Gasteiger partial charge is 0.461 e. The van der Waals surface area contributed by atoms with Crippen molar-refractivity contribution in [1.82, 2.24) is 0 Å². The predicted molar refractivity (Wildman–Crippen MR) is 37.0 cm³/mol. The summed E-state index contributed by atoms with van der Waals surface area (Å²) in [4.78, 5) is 9.60. The standard InChI is InChI=1S/C5H9O3P/c1-2-8-5(9)3-7-4-6/h4,9H,2-3H2,1H3. The Balaban J connectivity index is 3.16. The second-order valence-electron chi connectivity index (χ2n) is 1.26. The highest BCUT2D eigenvalue weighted by Gasteiger charge is 1.90. The van der Waals surface area contributed by atoms with Crippen LogP contribution in [-0.4, -0.2) is 25.2 Å². The summed E-state index contributed by atoms with van der Waals surface area (Å²) in [5.41, 5.74) is 0.532. The van der Waals surface area contributed by atoms with Crippen LogP contribution in [0, 0.1) is 0 Å². The number of ether oxygens (including phenoxy) is 2. The van der Waals surface area contributed by atoms with Gasteiger partial charge in [0, 0.05) is 0 Å². The lowest BCUT2D eigenvalue weighted by atomic mass is 10.7. The number of rotatable bonds is 5. The van der Waals surface area contributed by atoms with Gasteiger partial charge in [0.1, 0.15) is 12.1 Å². The number of hydrogen-bond acceptors (Lipinski definition) is 3. The van der Waals surface area contributed by atoms with E-state index in [1.54, 1.807) is 0 Å². The third-order valence-corrected chi connectivity index (χ3v) is 0.890. The van der Waals surface area contributed by atoms with Crippen molar-refractivity contribution >= 4 is 20.8 Å². The Bertz CT molecular complexity index is 102. The first-order valence-corrected chi connectivity index (χ1v) is 3.06. The molecule has 0 aliphatic rings. The first-order valence-electron chi connectivity index (χ1n) is 2.56. The minimum Gasteiger partial charge on any atom is -0.461 e. The van der Waals surface area contributed by atoms with Crippen molar-refractivity contribution in [3.63, 3.8) is 0 Å². The normalized spacial score (nSPS) is 8.56. The SMILES string of the molecule is CCOC(=P)COC=O. The summed E-state index contributed by atoms with van der Waals surface area (Å²) in [7, 11) is 3.10. The predicted octanol–water partition coefficient (Wildman–Crippen LogP) is 0.469. The Labute approximate surface area is 56.2 Å². The summed E-state index contributed by atoms with van der Waals surface area (Å²) >= 11 is 0. The average molecular weight is 148 g/mol. The van der Waals surface area contributed by atoms with Crippen LogP contribution in [0.2, 0.25) is 0 Å². The fourth-order valence-corrected chi connectivity index (χ4v) is 0.553. The van der Waals surface area contributed by atoms with Gasteiger partial charge in [-0.15, -0.1) is 0 Å². The minimum atomic E-state index is 0.175. The van der Waals surface area contributed by atoms with E-state index < -0.39 is 0 Å². The molecule has 0 aliphatic heterocycles. The third-order valence-electron chi connectivity index (χ3n) is 0.601. The zero-order valence-electron chi connectivity index (χ0n) is 5.22. The molecule has 0 N–H and O–H groups in total. The topological polar surface area (TPSA) is 35.5 Å². The molecule has 0 saturated carbocycles. The highest BCUT2D eigenvalue weighted by Crippen LogP contribution is 1.84. The molecule has 0 amide bonds. The summed E-state index contributed by atoms with van der Waals surface area (Å²) in [6.45, 7) is 2.97. The summed E-state index contributed by atoms with van der Waals surface area (Å²) in [6.07, 6.45) is 0. The van der Waals surface area contributed by atoms with Crippen LogP contribution in [-0.2, 0) is 14.3 Å². The number of carbonyl (C=O) groups excluding carboxylic acids is 1. The third kappa shape index (κ3) is 5.47. The molecule has 0 spiro atoms. The van der Waals surface area contributed by atoms with Crippen LogP contribution in [0.15, 0.2) is 0 Å². The summed E-state index contributed by atoms with van der Waals surface area (Å²) in [5.74, 6) is 0. The maximum atomic E-state index is 9.60. The summed E-state index contributed by atoms with van der Waals surface area (Å²) < 4.78 is 9.25. The van der Waals surface area contributed by atoms with E-state index in [4.69, 9.17) is 4.74 Å². The lowest BCUT2D eigenvalue weighted by Gasteiger charge is -2.00. The van der Waals surface area contributed by atoms with Crippen molar-refractivity contribution in [3.8, 4) is 0 Å². The molecule has 0 bridgehead atoms. The van der Waals surface area contributed by atoms with Gasteiger partial charge in [0.25, 0.3) is 6.47 Å². The van der Waals surface area contributed by atoms with Crippen molar-refractivity contribution < 1.29 is 14.3 Å². The van der Waals surface area contributed by atoms with E-state index in [0.717, 1.165) is 0 Å². The van der Waals surface area contributed by atoms with Crippen molar-refractivity contribution in [3.05, 3.63) is 0 Å². The zero-order valence-corrected chi connectivity index (χ0v) is 6.22. The molecule has 52 valence electrons. The smallest absolute Gasteiger partial charge is 0.293 e. The highest BCUT2D eigenvalue weighted by molar-refractivity contribution is 7.20. The Kier molecular flexibility index (Phi) is 5.48. The van der Waals surface area contributed by atoms with Crippen molar-refractivity contribution in [2.75, 3.05) is 13.2 Å². The number of hydrogen-bond donors (Lipinski definition) is 0. The zero-order chi connectivity index (χ0) is 7.11. The van der Waals surface area contributed by atoms with Crippen LogP contribution in [0.3, 0.4) is 0 Å². The van der Waals surface area contributed by atoms with Gasteiger partial charge < -0.3 is 9.47 Å². The lowest BCUT2D eigenvalue weighted by molar-refractivity contribution is -0.127. The van der Waals surface area contributed by atoms with Gasteiger partial charge in [0.15, 0.2) is 0 Å². The molecule has 0 atom stereocenters. The molecule has 0 aromatic carbocycles. The quantitative estimate of drug-likeness (QED) is 0.420. The van der Waals surface area contributed by atoms with Crippen molar-refractivity contribution in [2.24, 2.45) is 0 Å².